The number of ether oxygens (including phenoxy) is 2. The molecule has 2 rings (SSSR count). The van der Waals surface area contributed by atoms with Crippen LogP contribution in [0.15, 0.2) is 48.5 Å². The number of thioether (sulfide) groups is 1. The normalized spacial score (nSPS) is 10.3. The van der Waals surface area contributed by atoms with Crippen LogP contribution in [0.3, 0.4) is 0 Å². The first-order valence-corrected chi connectivity index (χ1v) is 9.27. The summed E-state index contributed by atoms with van der Waals surface area (Å²) in [5.74, 6) is 2.37. The fourth-order valence-electron chi connectivity index (χ4n) is 2.04. The molecule has 0 spiro atoms. The topological polar surface area (TPSA) is 47.6 Å². The van der Waals surface area contributed by atoms with Crippen molar-refractivity contribution in [3.8, 4) is 11.5 Å². The van der Waals surface area contributed by atoms with Crippen LogP contribution in [0.4, 0.5) is 4.39 Å². The van der Waals surface area contributed by atoms with Crippen LogP contribution in [-0.2, 0) is 11.3 Å². The SMILES string of the molecule is CCOc1ccc(OCCSCC(=O)NCc2ccc(F)cc2)cc1. The maximum atomic E-state index is 12.8. The predicted molar refractivity (Wildman–Crippen MR) is 98.7 cm³/mol. The summed E-state index contributed by atoms with van der Waals surface area (Å²) in [5, 5.41) is 2.81. The Morgan fingerprint density at radius 1 is 1.04 bits per heavy atom. The minimum absolute atomic E-state index is 0.0459. The Kier molecular flexibility index (Phi) is 8.12. The largest absolute Gasteiger partial charge is 0.494 e. The van der Waals surface area contributed by atoms with E-state index in [1.807, 2.05) is 31.2 Å². The van der Waals surface area contributed by atoms with E-state index in [0.29, 0.717) is 25.5 Å². The lowest BCUT2D eigenvalue weighted by Gasteiger charge is -2.08. The Bertz CT molecular complexity index is 647. The van der Waals surface area contributed by atoms with Crippen LogP contribution in [0, 0.1) is 5.82 Å². The van der Waals surface area contributed by atoms with E-state index in [1.165, 1.54) is 23.9 Å². The third kappa shape index (κ3) is 7.47. The van der Waals surface area contributed by atoms with Gasteiger partial charge in [-0.15, -0.1) is 11.8 Å². The highest BCUT2D eigenvalue weighted by Crippen LogP contribution is 2.17. The summed E-state index contributed by atoms with van der Waals surface area (Å²) in [4.78, 5) is 11.8. The lowest BCUT2D eigenvalue weighted by Crippen LogP contribution is -2.24. The second-order valence-electron chi connectivity index (χ2n) is 5.21. The Balaban J connectivity index is 1.56. The Morgan fingerprint density at radius 3 is 2.32 bits per heavy atom. The highest BCUT2D eigenvalue weighted by molar-refractivity contribution is 7.99. The number of benzene rings is 2. The predicted octanol–water partition coefficient (Wildman–Crippen LogP) is 3.65. The Labute approximate surface area is 151 Å². The van der Waals surface area contributed by atoms with Gasteiger partial charge in [0.05, 0.1) is 19.0 Å². The van der Waals surface area contributed by atoms with Crippen molar-refractivity contribution in [2.45, 2.75) is 13.5 Å². The summed E-state index contributed by atoms with van der Waals surface area (Å²) in [6.07, 6.45) is 0. The monoisotopic (exact) mass is 363 g/mol. The van der Waals surface area contributed by atoms with Gasteiger partial charge in [-0.05, 0) is 48.9 Å². The second-order valence-corrected chi connectivity index (χ2v) is 6.31. The van der Waals surface area contributed by atoms with Crippen molar-refractivity contribution >= 4 is 17.7 Å². The number of carbonyl (C=O) groups is 1. The summed E-state index contributed by atoms with van der Waals surface area (Å²) in [6, 6.07) is 13.6. The van der Waals surface area contributed by atoms with E-state index in [4.69, 9.17) is 9.47 Å². The van der Waals surface area contributed by atoms with E-state index < -0.39 is 0 Å². The molecule has 4 nitrogen and oxygen atoms in total. The van der Waals surface area contributed by atoms with Gasteiger partial charge in [0.15, 0.2) is 0 Å². The number of carbonyl (C=O) groups excluding carboxylic acids is 1. The van der Waals surface area contributed by atoms with Crippen molar-refractivity contribution < 1.29 is 18.7 Å². The molecular formula is C19H22FNO3S. The highest BCUT2D eigenvalue weighted by atomic mass is 32.2. The van der Waals surface area contributed by atoms with E-state index in [-0.39, 0.29) is 11.7 Å². The zero-order valence-corrected chi connectivity index (χ0v) is 15.0. The average molecular weight is 363 g/mol. The summed E-state index contributed by atoms with van der Waals surface area (Å²) in [7, 11) is 0. The second kappa shape index (κ2) is 10.6. The van der Waals surface area contributed by atoms with Gasteiger partial charge in [-0.25, -0.2) is 4.39 Å². The molecule has 0 fully saturated rings. The third-order valence-electron chi connectivity index (χ3n) is 3.27. The molecular weight excluding hydrogens is 341 g/mol. The summed E-state index contributed by atoms with van der Waals surface area (Å²) in [5.41, 5.74) is 0.874. The zero-order chi connectivity index (χ0) is 17.9. The van der Waals surface area contributed by atoms with Gasteiger partial charge in [0, 0.05) is 12.3 Å². The van der Waals surface area contributed by atoms with Gasteiger partial charge in [0.25, 0.3) is 0 Å². The lowest BCUT2D eigenvalue weighted by molar-refractivity contribution is -0.118. The molecule has 25 heavy (non-hydrogen) atoms. The molecule has 0 radical (unpaired) electrons. The van der Waals surface area contributed by atoms with E-state index in [9.17, 15) is 9.18 Å². The van der Waals surface area contributed by atoms with Crippen molar-refractivity contribution in [1.29, 1.82) is 0 Å². The number of hydrogen-bond donors (Lipinski definition) is 1. The van der Waals surface area contributed by atoms with Gasteiger partial charge in [0.2, 0.25) is 5.91 Å². The van der Waals surface area contributed by atoms with Crippen molar-refractivity contribution in [3.63, 3.8) is 0 Å². The van der Waals surface area contributed by atoms with Gasteiger partial charge in [-0.3, -0.25) is 4.79 Å². The first-order chi connectivity index (χ1) is 12.2. The van der Waals surface area contributed by atoms with Crippen LogP contribution < -0.4 is 14.8 Å². The Morgan fingerprint density at radius 2 is 1.68 bits per heavy atom. The van der Waals surface area contributed by atoms with E-state index in [2.05, 4.69) is 5.32 Å². The molecule has 1 N–H and O–H groups in total. The average Bonchev–Trinajstić information content (AvgIpc) is 2.62. The molecule has 0 aliphatic carbocycles. The molecule has 0 aromatic heterocycles. The van der Waals surface area contributed by atoms with Crippen molar-refractivity contribution in [1.82, 2.24) is 5.32 Å². The van der Waals surface area contributed by atoms with Gasteiger partial charge >= 0.3 is 0 Å². The van der Waals surface area contributed by atoms with Crippen LogP contribution >= 0.6 is 11.8 Å². The summed E-state index contributed by atoms with van der Waals surface area (Å²) >= 11 is 1.51. The Hall–Kier alpha value is -2.21. The molecule has 0 bridgehead atoms. The van der Waals surface area contributed by atoms with Crippen molar-refractivity contribution in [3.05, 3.63) is 59.9 Å². The number of amides is 1. The molecule has 6 heteroatoms. The first-order valence-electron chi connectivity index (χ1n) is 8.12. The van der Waals surface area contributed by atoms with Gasteiger partial charge < -0.3 is 14.8 Å². The molecule has 2 aromatic rings. The molecule has 0 aliphatic rings. The molecule has 0 unspecified atom stereocenters. The van der Waals surface area contributed by atoms with Crippen LogP contribution in [-0.4, -0.2) is 30.6 Å². The minimum atomic E-state index is -0.279. The van der Waals surface area contributed by atoms with Crippen LogP contribution in [0.1, 0.15) is 12.5 Å². The van der Waals surface area contributed by atoms with Crippen molar-refractivity contribution in [2.24, 2.45) is 0 Å². The summed E-state index contributed by atoms with van der Waals surface area (Å²) < 4.78 is 23.8. The number of rotatable bonds is 10. The first kappa shape index (κ1) is 19.1. The molecule has 0 saturated heterocycles. The minimum Gasteiger partial charge on any atom is -0.494 e. The molecule has 134 valence electrons. The standard InChI is InChI=1S/C19H22FNO3S/c1-2-23-17-7-9-18(10-8-17)24-11-12-25-14-19(22)21-13-15-3-5-16(20)6-4-15/h3-10H,2,11-14H2,1H3,(H,21,22). The lowest BCUT2D eigenvalue weighted by atomic mass is 10.2. The van der Waals surface area contributed by atoms with Gasteiger partial charge in [-0.1, -0.05) is 12.1 Å². The van der Waals surface area contributed by atoms with Gasteiger partial charge in [0.1, 0.15) is 17.3 Å². The molecule has 1 amide bonds. The van der Waals surface area contributed by atoms with Crippen LogP contribution in [0.5, 0.6) is 11.5 Å². The molecule has 2 aromatic carbocycles. The number of nitrogens with one attached hydrogen (secondary N) is 1. The fraction of sp³-hybridized carbons (Fsp3) is 0.316. The molecule has 0 heterocycles. The van der Waals surface area contributed by atoms with E-state index in [1.54, 1.807) is 12.1 Å². The van der Waals surface area contributed by atoms with Crippen molar-refractivity contribution in [2.75, 3.05) is 24.7 Å². The smallest absolute Gasteiger partial charge is 0.230 e. The number of halogens is 1. The third-order valence-corrected chi connectivity index (χ3v) is 4.19. The maximum absolute atomic E-state index is 12.8. The highest BCUT2D eigenvalue weighted by Gasteiger charge is 2.02. The van der Waals surface area contributed by atoms with E-state index >= 15 is 0 Å². The maximum Gasteiger partial charge on any atom is 0.230 e. The molecule has 0 aliphatic heterocycles. The quantitative estimate of drug-likeness (QED) is 0.655. The fourth-order valence-corrected chi connectivity index (χ4v) is 2.67. The molecule has 0 atom stereocenters. The van der Waals surface area contributed by atoms with Crippen LogP contribution in [0.25, 0.3) is 0 Å². The summed E-state index contributed by atoms with van der Waals surface area (Å²) in [6.45, 7) is 3.52. The van der Waals surface area contributed by atoms with E-state index in [0.717, 1.165) is 22.8 Å². The zero-order valence-electron chi connectivity index (χ0n) is 14.2. The number of hydrogen-bond acceptors (Lipinski definition) is 4. The van der Waals surface area contributed by atoms with Gasteiger partial charge in [-0.2, -0.15) is 0 Å². The molecule has 0 saturated carbocycles. The van der Waals surface area contributed by atoms with Crippen LogP contribution in [0.2, 0.25) is 0 Å².